The monoisotopic (exact) mass is 948 g/mol. The fourth-order valence-electron chi connectivity index (χ4n) is 9.54. The molecule has 0 N–H and O–H groups in total. The van der Waals surface area contributed by atoms with Crippen molar-refractivity contribution in [1.29, 1.82) is 0 Å². The highest BCUT2D eigenvalue weighted by atomic mass is 31.0. The van der Waals surface area contributed by atoms with Crippen molar-refractivity contribution in [2.24, 2.45) is 22.7 Å². The van der Waals surface area contributed by atoms with Crippen molar-refractivity contribution in [3.63, 3.8) is 0 Å². The van der Waals surface area contributed by atoms with Gasteiger partial charge in [0, 0.05) is 22.0 Å². The molecule has 6 rings (SSSR count). The Morgan fingerprint density at radius 3 is 0.838 bits per heavy atom. The van der Waals surface area contributed by atoms with Crippen molar-refractivity contribution in [3.8, 4) is 46.0 Å². The number of hydrogen-bond donors (Lipinski definition) is 0. The summed E-state index contributed by atoms with van der Waals surface area (Å²) in [7, 11) is 11.7. The summed E-state index contributed by atoms with van der Waals surface area (Å²) in [5, 5.41) is 0. The smallest absolute Gasteiger partial charge is 0.197 e. The number of rotatable bonds is 18. The molecular formula is C54H61O13P. The van der Waals surface area contributed by atoms with Gasteiger partial charge in [-0.15, -0.1) is 0 Å². The molecule has 14 heteroatoms. The zero-order chi connectivity index (χ0) is 49.1. The van der Waals surface area contributed by atoms with Gasteiger partial charge in [-0.05, 0) is 85.7 Å². The van der Waals surface area contributed by atoms with Crippen LogP contribution in [-0.2, 0) is 4.74 Å². The number of allylic oxidation sites excluding steroid dienone is 6. The number of carbonyl (C=O) groups is 4. The molecule has 4 aromatic rings. The van der Waals surface area contributed by atoms with Crippen molar-refractivity contribution in [2.45, 2.75) is 41.5 Å². The molecule has 0 aromatic heterocycles. The quantitative estimate of drug-likeness (QED) is 0.0688. The normalized spacial score (nSPS) is 17.1. The highest BCUT2D eigenvalue weighted by Crippen LogP contribution is 2.53. The lowest BCUT2D eigenvalue weighted by molar-refractivity contribution is 0.0829. The fourth-order valence-corrected chi connectivity index (χ4v) is 9.54. The van der Waals surface area contributed by atoms with Crippen molar-refractivity contribution in [2.75, 3.05) is 56.9 Å². The molecule has 0 radical (unpaired) electrons. The fraction of sp³-hybridized carbons (Fsp3) is 0.333. The van der Waals surface area contributed by atoms with Crippen molar-refractivity contribution in [3.05, 3.63) is 141 Å². The number of methoxy groups -OCH3 is 8. The predicted octanol–water partition coefficient (Wildman–Crippen LogP) is 10.4. The van der Waals surface area contributed by atoms with Gasteiger partial charge in [-0.1, -0.05) is 52.0 Å². The Labute approximate surface area is 401 Å². The van der Waals surface area contributed by atoms with Crippen LogP contribution in [0, 0.1) is 22.7 Å². The Kier molecular flexibility index (Phi) is 16.1. The number of hydrogen-bond acceptors (Lipinski definition) is 13. The van der Waals surface area contributed by atoms with Gasteiger partial charge in [0.15, 0.2) is 23.1 Å². The topological polar surface area (TPSA) is 151 Å². The van der Waals surface area contributed by atoms with Crippen LogP contribution in [0.15, 0.2) is 119 Å². The summed E-state index contributed by atoms with van der Waals surface area (Å²) >= 11 is 0. The number of Topliss-reactive ketones (excluding diaryl/α,β-unsaturated/α-hetero) is 4. The van der Waals surface area contributed by atoms with E-state index in [-0.39, 0.29) is 101 Å². The SMILES string of the molecule is COc1cccc(OC)c1C(=O)C1=CC(OC2=C(C)C(C(=O)c3c(OC)cccc3OC)C(C)(C)C(C(=O)c3c(OC)cccc3OC)=C2)=C(C)C(C(=O)c2c(OC)cccc2OC)C1(C)C.P. The summed E-state index contributed by atoms with van der Waals surface area (Å²) in [6, 6.07) is 20.1. The summed E-state index contributed by atoms with van der Waals surface area (Å²) in [5.41, 5.74) is -0.597. The third-order valence-corrected chi connectivity index (χ3v) is 12.9. The van der Waals surface area contributed by atoms with E-state index in [1.54, 1.807) is 98.8 Å². The molecule has 0 amide bonds. The molecule has 360 valence electrons. The maximum Gasteiger partial charge on any atom is 0.197 e. The molecule has 0 saturated carbocycles. The van der Waals surface area contributed by atoms with Crippen LogP contribution in [0.5, 0.6) is 46.0 Å². The van der Waals surface area contributed by atoms with E-state index in [4.69, 9.17) is 42.6 Å². The average Bonchev–Trinajstić information content (AvgIpc) is 3.33. The molecule has 0 spiro atoms. The highest BCUT2D eigenvalue weighted by Gasteiger charge is 2.50. The van der Waals surface area contributed by atoms with E-state index in [9.17, 15) is 0 Å². The van der Waals surface area contributed by atoms with Gasteiger partial charge in [0.25, 0.3) is 0 Å². The Morgan fingerprint density at radius 1 is 0.397 bits per heavy atom. The zero-order valence-corrected chi connectivity index (χ0v) is 42.7. The standard InChI is InChI=1S/C54H58O13.H3P/c1-29-41(27-31(49(55)43-33(59-7)19-15-20-34(43)60-8)53(3,4)47(29)51(57)45-37(63-11)23-17-24-38(45)64-12)67-42-28-32(50(56)44-35(61-9)21-16-22-36(44)62-10)54(5,6)48(30(42)2)52(58)46-39(65-13)25-18-26-40(46)66-14;/h15-28,47-48H,1-14H3;1H3. The van der Waals surface area contributed by atoms with E-state index in [0.717, 1.165) is 0 Å². The minimum absolute atomic E-state index is 0. The van der Waals surface area contributed by atoms with E-state index >= 15 is 19.2 Å². The van der Waals surface area contributed by atoms with Gasteiger partial charge in [0.05, 0.1) is 68.7 Å². The Bertz CT molecular complexity index is 2500. The van der Waals surface area contributed by atoms with Crippen LogP contribution in [0.4, 0.5) is 0 Å². The van der Waals surface area contributed by atoms with Crippen molar-refractivity contribution in [1.82, 2.24) is 0 Å². The van der Waals surface area contributed by atoms with Crippen LogP contribution in [0.2, 0.25) is 0 Å². The van der Waals surface area contributed by atoms with Crippen LogP contribution in [0.3, 0.4) is 0 Å². The van der Waals surface area contributed by atoms with Gasteiger partial charge in [-0.2, -0.15) is 9.90 Å². The number of carbonyl (C=O) groups excluding carboxylic acids is 4. The molecule has 0 bridgehead atoms. The third-order valence-electron chi connectivity index (χ3n) is 12.9. The predicted molar refractivity (Wildman–Crippen MR) is 264 cm³/mol. The van der Waals surface area contributed by atoms with Crippen LogP contribution < -0.4 is 37.9 Å². The Morgan fingerprint density at radius 2 is 0.618 bits per heavy atom. The van der Waals surface area contributed by atoms with E-state index < -0.39 is 45.8 Å². The summed E-state index contributed by atoms with van der Waals surface area (Å²) in [5.74, 6) is -1.62. The first-order valence-electron chi connectivity index (χ1n) is 21.5. The Hall–Kier alpha value is -6.85. The second-order valence-corrected chi connectivity index (χ2v) is 17.2. The minimum atomic E-state index is -1.23. The molecule has 13 nitrogen and oxygen atoms in total. The molecule has 3 unspecified atom stereocenters. The molecule has 0 aliphatic heterocycles. The van der Waals surface area contributed by atoms with Crippen LogP contribution in [0.1, 0.15) is 83.0 Å². The lowest BCUT2D eigenvalue weighted by Gasteiger charge is -2.42. The summed E-state index contributed by atoms with van der Waals surface area (Å²) < 4.78 is 52.7. The molecule has 4 aromatic carbocycles. The van der Waals surface area contributed by atoms with E-state index in [0.29, 0.717) is 11.1 Å². The first-order valence-corrected chi connectivity index (χ1v) is 21.5. The van der Waals surface area contributed by atoms with Gasteiger partial charge >= 0.3 is 0 Å². The molecule has 3 atom stereocenters. The third kappa shape index (κ3) is 8.99. The van der Waals surface area contributed by atoms with E-state index in [2.05, 4.69) is 0 Å². The number of ether oxygens (including phenoxy) is 9. The van der Waals surface area contributed by atoms with E-state index in [1.165, 1.54) is 56.9 Å². The van der Waals surface area contributed by atoms with Crippen molar-refractivity contribution >= 4 is 33.0 Å². The molecule has 0 saturated heterocycles. The molecule has 2 aliphatic carbocycles. The number of ketones is 4. The minimum Gasteiger partial charge on any atom is -0.496 e. The zero-order valence-electron chi connectivity index (χ0n) is 41.3. The van der Waals surface area contributed by atoms with Gasteiger partial charge in [-0.3, -0.25) is 19.2 Å². The molecular weight excluding hydrogens is 888 g/mol. The molecule has 2 aliphatic rings. The largest absolute Gasteiger partial charge is 0.496 e. The summed E-state index contributed by atoms with van der Waals surface area (Å²) in [4.78, 5) is 61.2. The summed E-state index contributed by atoms with van der Waals surface area (Å²) in [6.07, 6.45) is 3.21. The lowest BCUT2D eigenvalue weighted by Crippen LogP contribution is -2.40. The Balaban J connectivity index is 0.00000864. The molecule has 0 fully saturated rings. The van der Waals surface area contributed by atoms with Crippen LogP contribution >= 0.6 is 9.90 Å². The molecule has 68 heavy (non-hydrogen) atoms. The first-order chi connectivity index (χ1) is 31.9. The summed E-state index contributed by atoms with van der Waals surface area (Å²) in [6.45, 7) is 10.7. The highest BCUT2D eigenvalue weighted by molar-refractivity contribution is 6.92. The maximum atomic E-state index is 15.4. The lowest BCUT2D eigenvalue weighted by atomic mass is 9.62. The van der Waals surface area contributed by atoms with Gasteiger partial charge in [0.2, 0.25) is 0 Å². The van der Waals surface area contributed by atoms with Crippen LogP contribution in [-0.4, -0.2) is 80.0 Å². The van der Waals surface area contributed by atoms with Crippen LogP contribution in [0.25, 0.3) is 0 Å². The van der Waals surface area contributed by atoms with Gasteiger partial charge < -0.3 is 42.6 Å². The van der Waals surface area contributed by atoms with E-state index in [1.807, 2.05) is 27.7 Å². The average molecular weight is 949 g/mol. The maximum absolute atomic E-state index is 15.4. The molecule has 0 heterocycles. The van der Waals surface area contributed by atoms with Gasteiger partial charge in [0.1, 0.15) is 79.8 Å². The second-order valence-electron chi connectivity index (χ2n) is 17.2. The van der Waals surface area contributed by atoms with Gasteiger partial charge in [-0.25, -0.2) is 0 Å². The van der Waals surface area contributed by atoms with Crippen molar-refractivity contribution < 1.29 is 61.8 Å². The number of benzene rings is 4. The second kappa shape index (κ2) is 21.0. The first kappa shape index (κ1) is 52.1.